The maximum absolute atomic E-state index is 8.67. The molecule has 0 heterocycles. The fourth-order valence-corrected chi connectivity index (χ4v) is 0. The van der Waals surface area contributed by atoms with Crippen LogP contribution in [-0.4, -0.2) is 88.8 Å². The van der Waals surface area contributed by atoms with Crippen molar-refractivity contribution in [1.29, 1.82) is 0 Å². The molecule has 6 heavy (non-hydrogen) atoms. The fourth-order valence-electron chi connectivity index (χ4n) is 0. The Morgan fingerprint density at radius 2 is 1.33 bits per heavy atom. The van der Waals surface area contributed by atoms with Gasteiger partial charge in [0.2, 0.25) is 0 Å². The van der Waals surface area contributed by atoms with E-state index >= 15 is 0 Å². The van der Waals surface area contributed by atoms with E-state index in [1.165, 1.54) is 0 Å². The smallest absolute Gasteiger partial charge is 1.00 e. The Bertz CT molecular complexity index is 41.5. The normalized spacial score (nSPS) is 5.83. The van der Waals surface area contributed by atoms with E-state index in [9.17, 15) is 0 Å². The van der Waals surface area contributed by atoms with Gasteiger partial charge in [0, 0.05) is 0 Å². The summed E-state index contributed by atoms with van der Waals surface area (Å²) >= 11 is -2.61. The predicted molar refractivity (Wildman–Crippen MR) is 29.4 cm³/mol. The van der Waals surface area contributed by atoms with Crippen molar-refractivity contribution in [2.45, 2.75) is 0 Å². The molecule has 0 radical (unpaired) electrons. The maximum Gasteiger partial charge on any atom is 2.00 e. The summed E-state index contributed by atoms with van der Waals surface area (Å²) in [7, 11) is 0. The molecule has 6 heteroatoms. The second kappa shape index (κ2) is 10.5. The molecule has 0 saturated carbocycles. The zero-order chi connectivity index (χ0) is 3.58. The summed E-state index contributed by atoms with van der Waals surface area (Å²) in [5, 5.41) is 0. The summed E-state index contributed by atoms with van der Waals surface area (Å²) < 4.78 is 22.8. The quantitative estimate of drug-likeness (QED) is 0.372. The Hall–Kier alpha value is 2.59. The summed E-state index contributed by atoms with van der Waals surface area (Å²) in [4.78, 5) is 0. The van der Waals surface area contributed by atoms with E-state index in [1.54, 1.807) is 0 Å². The van der Waals surface area contributed by atoms with Gasteiger partial charge in [-0.1, -0.05) is 0 Å². The molecule has 0 aromatic heterocycles. The van der Waals surface area contributed by atoms with Crippen LogP contribution in [0.3, 0.4) is 0 Å². The zero-order valence-corrected chi connectivity index (χ0v) is 8.36. The van der Waals surface area contributed by atoms with E-state index in [2.05, 4.69) is 0 Å². The number of hydrogen-bond acceptors (Lipinski definition) is 1. The summed E-state index contributed by atoms with van der Waals surface area (Å²) in [5.74, 6) is 0. The number of hydrogen-bond donors (Lipinski definition) is 2. The summed E-state index contributed by atoms with van der Waals surface area (Å²) in [6.45, 7) is 0. The van der Waals surface area contributed by atoms with Gasteiger partial charge in [-0.05, 0) is 0 Å². The second-order valence-corrected chi connectivity index (χ2v) is 0.692. The standard InChI is InChI=1S/2Ca.H2O3S.4H/c;;1-4(2)3;;;;/h;;(H2,1,2,3);;;;/q2*+2;;4*-1. The molecule has 0 aromatic rings. The summed E-state index contributed by atoms with van der Waals surface area (Å²) in [6.07, 6.45) is 0. The van der Waals surface area contributed by atoms with Crippen LogP contribution in [0.25, 0.3) is 0 Å². The van der Waals surface area contributed by atoms with Crippen LogP contribution in [0, 0.1) is 0 Å². The van der Waals surface area contributed by atoms with Crippen molar-refractivity contribution in [3.05, 3.63) is 0 Å². The molecule has 0 aliphatic heterocycles. The van der Waals surface area contributed by atoms with Gasteiger partial charge in [0.25, 0.3) is 11.4 Å². The van der Waals surface area contributed by atoms with E-state index in [4.69, 9.17) is 13.3 Å². The average molecular weight is 166 g/mol. The summed E-state index contributed by atoms with van der Waals surface area (Å²) in [6, 6.07) is 0. The third kappa shape index (κ3) is 30.7. The van der Waals surface area contributed by atoms with Gasteiger partial charge >= 0.3 is 75.5 Å². The van der Waals surface area contributed by atoms with E-state index in [-0.39, 0.29) is 81.2 Å². The van der Waals surface area contributed by atoms with Crippen LogP contribution in [0.2, 0.25) is 0 Å². The summed E-state index contributed by atoms with van der Waals surface area (Å²) in [5.41, 5.74) is 0. The Labute approximate surface area is 104 Å². The van der Waals surface area contributed by atoms with E-state index < -0.39 is 11.4 Å². The Morgan fingerprint density at radius 1 is 1.33 bits per heavy atom. The van der Waals surface area contributed by atoms with Crippen molar-refractivity contribution in [3.8, 4) is 0 Å². The molecule has 0 bridgehead atoms. The fraction of sp³-hybridized carbons (Fsp3) is 0. The molecule has 0 aliphatic rings. The molecule has 0 amide bonds. The zero-order valence-electron chi connectivity index (χ0n) is 7.13. The van der Waals surface area contributed by atoms with Crippen molar-refractivity contribution in [2.24, 2.45) is 0 Å². The molecular weight excluding hydrogens is 160 g/mol. The Morgan fingerprint density at radius 3 is 1.33 bits per heavy atom. The number of rotatable bonds is 0. The van der Waals surface area contributed by atoms with Crippen molar-refractivity contribution >= 4 is 86.8 Å². The largest absolute Gasteiger partial charge is 2.00 e. The van der Waals surface area contributed by atoms with E-state index in [0.29, 0.717) is 0 Å². The van der Waals surface area contributed by atoms with Gasteiger partial charge in [0.1, 0.15) is 0 Å². The monoisotopic (exact) mass is 166 g/mol. The van der Waals surface area contributed by atoms with Crippen LogP contribution in [0.15, 0.2) is 0 Å². The molecular formula is H6Ca2O3S. The average Bonchev–Trinajstić information content (AvgIpc) is 0.811. The van der Waals surface area contributed by atoms with Crippen LogP contribution in [0.1, 0.15) is 5.71 Å². The van der Waals surface area contributed by atoms with Crippen molar-refractivity contribution in [3.63, 3.8) is 0 Å². The Balaban J connectivity index is -0.00000000300. The minimum absolute atomic E-state index is 0. The van der Waals surface area contributed by atoms with Gasteiger partial charge in [-0.25, -0.2) is 0 Å². The van der Waals surface area contributed by atoms with Crippen molar-refractivity contribution < 1.29 is 19.0 Å². The molecule has 0 saturated heterocycles. The van der Waals surface area contributed by atoms with Crippen molar-refractivity contribution in [1.82, 2.24) is 0 Å². The molecule has 0 fully saturated rings. The van der Waals surface area contributed by atoms with Gasteiger partial charge in [0.15, 0.2) is 0 Å². The van der Waals surface area contributed by atoms with Gasteiger partial charge < -0.3 is 5.71 Å². The first-order valence-corrected chi connectivity index (χ1v) is 1.60. The molecule has 0 atom stereocenters. The van der Waals surface area contributed by atoms with E-state index in [0.717, 1.165) is 0 Å². The molecule has 0 aliphatic carbocycles. The van der Waals surface area contributed by atoms with Gasteiger partial charge in [0.05, 0.1) is 0 Å². The second-order valence-electron chi connectivity index (χ2n) is 0.231. The third-order valence-corrected chi connectivity index (χ3v) is 0. The predicted octanol–water partition coefficient (Wildman–Crippen LogP) is -0.630. The van der Waals surface area contributed by atoms with Crippen molar-refractivity contribution in [2.75, 3.05) is 0 Å². The molecule has 0 unspecified atom stereocenters. The van der Waals surface area contributed by atoms with Crippen LogP contribution < -0.4 is 0 Å². The minimum atomic E-state index is -2.61. The topological polar surface area (TPSA) is 57.5 Å². The first kappa shape index (κ1) is 15.8. The first-order chi connectivity index (χ1) is 1.73. The maximum atomic E-state index is 8.67. The van der Waals surface area contributed by atoms with Crippen LogP contribution in [0.4, 0.5) is 0 Å². The molecule has 0 aromatic carbocycles. The van der Waals surface area contributed by atoms with Gasteiger partial charge in [-0.3, -0.25) is 9.11 Å². The van der Waals surface area contributed by atoms with Crippen LogP contribution in [0.5, 0.6) is 0 Å². The third-order valence-electron chi connectivity index (χ3n) is 0. The molecule has 3 nitrogen and oxygen atoms in total. The van der Waals surface area contributed by atoms with Gasteiger partial charge in [-0.15, -0.1) is 0 Å². The molecule has 0 rings (SSSR count). The van der Waals surface area contributed by atoms with Crippen LogP contribution in [-0.2, 0) is 11.4 Å². The van der Waals surface area contributed by atoms with Gasteiger partial charge in [-0.2, -0.15) is 4.21 Å². The minimum Gasteiger partial charge on any atom is -1.00 e. The molecule has 2 N–H and O–H groups in total. The molecule has 0 spiro atoms. The Kier molecular flexibility index (Phi) is 27.8. The molecule has 34 valence electrons. The van der Waals surface area contributed by atoms with Crippen LogP contribution >= 0.6 is 0 Å². The van der Waals surface area contributed by atoms with E-state index in [1.807, 2.05) is 0 Å². The SMILES string of the molecule is O=S(O)O.[Ca+2].[Ca+2].[H-].[H-].[H-].[H-]. The first-order valence-electron chi connectivity index (χ1n) is 0.532.